The maximum atomic E-state index is 12.9. The predicted octanol–water partition coefficient (Wildman–Crippen LogP) is 8.68. The molecule has 0 amide bonds. The Morgan fingerprint density at radius 1 is 0.800 bits per heavy atom. The van der Waals surface area contributed by atoms with Crippen molar-refractivity contribution >= 4 is 5.97 Å². The van der Waals surface area contributed by atoms with Crippen molar-refractivity contribution < 1.29 is 41.7 Å². The van der Waals surface area contributed by atoms with Crippen molar-refractivity contribution in [2.24, 2.45) is 0 Å². The van der Waals surface area contributed by atoms with Gasteiger partial charge in [0.05, 0.1) is 17.9 Å². The largest absolute Gasteiger partial charge is 0.493 e. The van der Waals surface area contributed by atoms with Crippen molar-refractivity contribution in [1.29, 1.82) is 0 Å². The second-order valence-corrected chi connectivity index (χ2v) is 10.2. The number of aromatic nitrogens is 1. The minimum atomic E-state index is -4.44. The van der Waals surface area contributed by atoms with Crippen LogP contribution in [0, 0.1) is 6.92 Å². The molecule has 0 saturated carbocycles. The first-order chi connectivity index (χ1) is 21.6. The van der Waals surface area contributed by atoms with Gasteiger partial charge in [0, 0.05) is 18.4 Å². The van der Waals surface area contributed by atoms with E-state index in [1.807, 2.05) is 61.5 Å². The molecular formula is C35H30F3NO6. The number of alkyl halides is 3. The number of rotatable bonds is 13. The van der Waals surface area contributed by atoms with Crippen LogP contribution in [-0.4, -0.2) is 22.7 Å². The Kier molecular flexibility index (Phi) is 9.72. The van der Waals surface area contributed by atoms with Crippen molar-refractivity contribution in [3.8, 4) is 34.5 Å². The second kappa shape index (κ2) is 14.0. The number of carboxylic acids is 1. The molecule has 1 N–H and O–H groups in total. The average Bonchev–Trinajstić information content (AvgIpc) is 3.40. The molecule has 0 saturated heterocycles. The average molecular weight is 618 g/mol. The molecule has 0 aliphatic heterocycles. The third kappa shape index (κ3) is 8.66. The Morgan fingerprint density at radius 3 is 2.16 bits per heavy atom. The first kappa shape index (κ1) is 31.2. The molecule has 1 heterocycles. The third-order valence-electron chi connectivity index (χ3n) is 6.94. The molecule has 5 aromatic rings. The molecule has 10 heteroatoms. The van der Waals surface area contributed by atoms with E-state index < -0.39 is 17.7 Å². The fourth-order valence-corrected chi connectivity index (χ4v) is 4.55. The highest BCUT2D eigenvalue weighted by atomic mass is 19.4. The fraction of sp³-hybridized carbons (Fsp3) is 0.200. The van der Waals surface area contributed by atoms with Gasteiger partial charge in [-0.1, -0.05) is 24.3 Å². The molecule has 1 aromatic heterocycles. The summed E-state index contributed by atoms with van der Waals surface area (Å²) in [6, 6.07) is 26.6. The van der Waals surface area contributed by atoms with Gasteiger partial charge in [0.1, 0.15) is 35.4 Å². The predicted molar refractivity (Wildman–Crippen MR) is 161 cm³/mol. The summed E-state index contributed by atoms with van der Waals surface area (Å²) in [7, 11) is 0. The number of ether oxygens (including phenoxy) is 3. The van der Waals surface area contributed by atoms with E-state index in [1.54, 1.807) is 18.2 Å². The van der Waals surface area contributed by atoms with Crippen molar-refractivity contribution in [3.63, 3.8) is 0 Å². The van der Waals surface area contributed by atoms with E-state index in [0.717, 1.165) is 34.7 Å². The summed E-state index contributed by atoms with van der Waals surface area (Å²) < 4.78 is 62.1. The van der Waals surface area contributed by atoms with Crippen LogP contribution in [0.2, 0.25) is 0 Å². The normalized spacial score (nSPS) is 11.3. The minimum Gasteiger partial charge on any atom is -0.493 e. The summed E-state index contributed by atoms with van der Waals surface area (Å²) in [4.78, 5) is 15.8. The highest BCUT2D eigenvalue weighted by Crippen LogP contribution is 2.31. The molecule has 7 nitrogen and oxygen atoms in total. The fourth-order valence-electron chi connectivity index (χ4n) is 4.55. The lowest BCUT2D eigenvalue weighted by atomic mass is 10.0. The van der Waals surface area contributed by atoms with E-state index in [0.29, 0.717) is 41.7 Å². The standard InChI is InChI=1S/C35H30F3NO6/c1-23-32(39-34(44-23)25-8-13-30(14-9-25)45-29-5-3-2-4-6-29)19-20-42-31-15-7-24(10-18-33(40)41)26(21-31)22-43-28-16-11-27(12-17-28)35(36,37)38/h2-9,11-17,21H,10,18-20,22H2,1H3,(H,40,41). The number of para-hydroxylation sites is 1. The SMILES string of the molecule is Cc1oc(-c2ccc(Oc3ccccc3)cc2)nc1CCOc1ccc(CCC(=O)O)c(COc2ccc(C(F)(F)F)cc2)c1. The van der Waals surface area contributed by atoms with Crippen LogP contribution in [0.1, 0.15) is 34.6 Å². The number of oxazole rings is 1. The van der Waals surface area contributed by atoms with Gasteiger partial charge in [-0.3, -0.25) is 4.79 Å². The lowest BCUT2D eigenvalue weighted by Gasteiger charge is -2.14. The van der Waals surface area contributed by atoms with Gasteiger partial charge in [0.2, 0.25) is 5.89 Å². The number of aliphatic carboxylic acids is 1. The van der Waals surface area contributed by atoms with Gasteiger partial charge in [0.15, 0.2) is 0 Å². The highest BCUT2D eigenvalue weighted by Gasteiger charge is 2.30. The first-order valence-corrected chi connectivity index (χ1v) is 14.2. The lowest BCUT2D eigenvalue weighted by molar-refractivity contribution is -0.138. The molecule has 0 bridgehead atoms. The Hall–Kier alpha value is -5.25. The number of nitrogens with zero attached hydrogens (tertiary/aromatic N) is 1. The Labute approximate surface area is 257 Å². The number of hydrogen-bond donors (Lipinski definition) is 1. The van der Waals surface area contributed by atoms with Gasteiger partial charge < -0.3 is 23.7 Å². The molecule has 0 unspecified atom stereocenters. The van der Waals surface area contributed by atoms with E-state index in [2.05, 4.69) is 4.98 Å². The number of halogens is 3. The quantitative estimate of drug-likeness (QED) is 0.141. The zero-order chi connectivity index (χ0) is 31.8. The van der Waals surface area contributed by atoms with Gasteiger partial charge in [-0.15, -0.1) is 0 Å². The zero-order valence-corrected chi connectivity index (χ0v) is 24.3. The number of carboxylic acid groups (broad SMARTS) is 1. The van der Waals surface area contributed by atoms with Crippen LogP contribution in [-0.2, 0) is 30.4 Å². The molecule has 0 atom stereocenters. The molecule has 0 fully saturated rings. The van der Waals surface area contributed by atoms with Gasteiger partial charge in [0.25, 0.3) is 0 Å². The van der Waals surface area contributed by atoms with Crippen LogP contribution in [0.4, 0.5) is 13.2 Å². The zero-order valence-electron chi connectivity index (χ0n) is 24.3. The maximum absolute atomic E-state index is 12.9. The van der Waals surface area contributed by atoms with Crippen LogP contribution in [0.25, 0.3) is 11.5 Å². The number of benzene rings is 4. The summed E-state index contributed by atoms with van der Waals surface area (Å²) in [6.45, 7) is 2.16. The van der Waals surface area contributed by atoms with Crippen LogP contribution in [0.3, 0.4) is 0 Å². The summed E-state index contributed by atoms with van der Waals surface area (Å²) >= 11 is 0. The van der Waals surface area contributed by atoms with Crippen LogP contribution >= 0.6 is 0 Å². The van der Waals surface area contributed by atoms with Gasteiger partial charge in [-0.2, -0.15) is 13.2 Å². The number of carbonyl (C=O) groups is 1. The molecular weight excluding hydrogens is 587 g/mol. The molecule has 0 spiro atoms. The maximum Gasteiger partial charge on any atom is 0.416 e. The Bertz CT molecular complexity index is 1720. The van der Waals surface area contributed by atoms with Crippen molar-refractivity contribution in [3.05, 3.63) is 125 Å². The van der Waals surface area contributed by atoms with Crippen LogP contribution in [0.15, 0.2) is 101 Å². The van der Waals surface area contributed by atoms with Gasteiger partial charge in [-0.05, 0) is 97.3 Å². The number of aryl methyl sites for hydroxylation is 2. The summed E-state index contributed by atoms with van der Waals surface area (Å²) in [5, 5.41) is 9.14. The van der Waals surface area contributed by atoms with E-state index in [1.165, 1.54) is 12.1 Å². The molecule has 4 aromatic carbocycles. The molecule has 45 heavy (non-hydrogen) atoms. The topological polar surface area (TPSA) is 91.0 Å². The molecule has 0 radical (unpaired) electrons. The second-order valence-electron chi connectivity index (χ2n) is 10.2. The molecule has 5 rings (SSSR count). The summed E-state index contributed by atoms with van der Waals surface area (Å²) in [6.07, 6.45) is -3.78. The molecule has 232 valence electrons. The monoisotopic (exact) mass is 617 g/mol. The van der Waals surface area contributed by atoms with Gasteiger partial charge in [-0.25, -0.2) is 4.98 Å². The minimum absolute atomic E-state index is 0.0262. The Balaban J connectivity index is 1.20. The summed E-state index contributed by atoms with van der Waals surface area (Å²) in [5.74, 6) is 2.45. The van der Waals surface area contributed by atoms with E-state index in [9.17, 15) is 18.0 Å². The van der Waals surface area contributed by atoms with Crippen LogP contribution in [0.5, 0.6) is 23.0 Å². The molecule has 0 aliphatic carbocycles. The van der Waals surface area contributed by atoms with Crippen LogP contribution < -0.4 is 14.2 Å². The van der Waals surface area contributed by atoms with E-state index >= 15 is 0 Å². The lowest BCUT2D eigenvalue weighted by Crippen LogP contribution is -2.07. The smallest absolute Gasteiger partial charge is 0.416 e. The Morgan fingerprint density at radius 2 is 1.47 bits per heavy atom. The van der Waals surface area contributed by atoms with E-state index in [4.69, 9.17) is 23.7 Å². The summed E-state index contributed by atoms with van der Waals surface area (Å²) in [5.41, 5.74) is 2.20. The molecule has 0 aliphatic rings. The van der Waals surface area contributed by atoms with E-state index in [-0.39, 0.29) is 25.2 Å². The number of hydrogen-bond acceptors (Lipinski definition) is 6. The van der Waals surface area contributed by atoms with Gasteiger partial charge >= 0.3 is 12.1 Å². The highest BCUT2D eigenvalue weighted by molar-refractivity contribution is 5.67. The van der Waals surface area contributed by atoms with Crippen molar-refractivity contribution in [2.45, 2.75) is 39.0 Å². The van der Waals surface area contributed by atoms with Crippen molar-refractivity contribution in [2.75, 3.05) is 6.61 Å². The van der Waals surface area contributed by atoms with Crippen molar-refractivity contribution in [1.82, 2.24) is 4.98 Å². The third-order valence-corrected chi connectivity index (χ3v) is 6.94. The first-order valence-electron chi connectivity index (χ1n) is 14.2.